The van der Waals surface area contributed by atoms with E-state index in [0.717, 1.165) is 0 Å². The molecule has 0 radical (unpaired) electrons. The second-order valence-electron chi connectivity index (χ2n) is 13.4. The second kappa shape index (κ2) is 32.3. The summed E-state index contributed by atoms with van der Waals surface area (Å²) in [5.74, 6) is 0. The molecule has 0 aliphatic rings. The zero-order chi connectivity index (χ0) is 28.5. The maximum atomic E-state index is 4.42. The average Bonchev–Trinajstić information content (AvgIpc) is 2.95. The molecule has 0 amide bonds. The first kappa shape index (κ1) is 38.7. The van der Waals surface area contributed by atoms with Gasteiger partial charge in [-0.15, -0.1) is 6.58 Å². The van der Waals surface area contributed by atoms with Crippen molar-refractivity contribution in [3.8, 4) is 0 Å². The van der Waals surface area contributed by atoms with Crippen molar-refractivity contribution in [2.75, 3.05) is 0 Å². The number of rotatable bonds is 34. The van der Waals surface area contributed by atoms with Crippen molar-refractivity contribution in [1.82, 2.24) is 0 Å². The van der Waals surface area contributed by atoms with Crippen LogP contribution in [0.4, 0.5) is 0 Å². The SMILES string of the molecule is C=CC(CCCCCCCCCCCC)(CCCCCCCCCCCC)CCCCCCCCCCCC. The molecule has 0 fully saturated rings. The van der Waals surface area contributed by atoms with Crippen molar-refractivity contribution in [1.29, 1.82) is 0 Å². The predicted molar refractivity (Wildman–Crippen MR) is 182 cm³/mol. The number of hydrogen-bond donors (Lipinski definition) is 0. The molecule has 0 aromatic carbocycles. The van der Waals surface area contributed by atoms with Crippen LogP contribution in [0.3, 0.4) is 0 Å². The zero-order valence-corrected chi connectivity index (χ0v) is 28.1. The van der Waals surface area contributed by atoms with Crippen LogP contribution in [0.5, 0.6) is 0 Å². The summed E-state index contributed by atoms with van der Waals surface area (Å²) in [5.41, 5.74) is 0.431. The first-order chi connectivity index (χ1) is 19.2. The summed E-state index contributed by atoms with van der Waals surface area (Å²) in [5, 5.41) is 0. The predicted octanol–water partition coefficient (Wildman–Crippen LogP) is 15.1. The number of allylic oxidation sites excluding steroid dienone is 1. The summed E-state index contributed by atoms with van der Waals surface area (Å²) in [4.78, 5) is 0. The molecule has 0 rings (SSSR count). The lowest BCUT2D eigenvalue weighted by molar-refractivity contribution is 0.264. The molecule has 0 spiro atoms. The van der Waals surface area contributed by atoms with E-state index in [4.69, 9.17) is 0 Å². The van der Waals surface area contributed by atoms with Gasteiger partial charge in [-0.05, 0) is 24.7 Å². The van der Waals surface area contributed by atoms with Gasteiger partial charge in [0.15, 0.2) is 0 Å². The minimum atomic E-state index is 0.431. The monoisotopic (exact) mass is 547 g/mol. The lowest BCUT2D eigenvalue weighted by Crippen LogP contribution is -2.18. The quantitative estimate of drug-likeness (QED) is 0.0556. The summed E-state index contributed by atoms with van der Waals surface area (Å²) in [6, 6.07) is 0. The highest BCUT2D eigenvalue weighted by Crippen LogP contribution is 2.38. The smallest absolute Gasteiger partial charge is 0.0121 e. The average molecular weight is 547 g/mol. The molecule has 0 nitrogen and oxygen atoms in total. The molecule has 0 atom stereocenters. The second-order valence-corrected chi connectivity index (χ2v) is 13.4. The third-order valence-electron chi connectivity index (χ3n) is 9.52. The molecule has 0 aliphatic carbocycles. The molecule has 0 heterocycles. The van der Waals surface area contributed by atoms with Gasteiger partial charge < -0.3 is 0 Å². The zero-order valence-electron chi connectivity index (χ0n) is 28.1. The molecule has 39 heavy (non-hydrogen) atoms. The Kier molecular flexibility index (Phi) is 32.0. The van der Waals surface area contributed by atoms with Crippen LogP contribution >= 0.6 is 0 Å². The molecule has 0 aromatic heterocycles. The van der Waals surface area contributed by atoms with E-state index in [0.29, 0.717) is 5.41 Å². The Labute approximate surface area is 250 Å². The highest BCUT2D eigenvalue weighted by Gasteiger charge is 2.25. The fourth-order valence-electron chi connectivity index (χ4n) is 6.57. The molecule has 0 bridgehead atoms. The van der Waals surface area contributed by atoms with E-state index in [1.807, 2.05) is 0 Å². The Bertz CT molecular complexity index is 389. The molecular formula is C39H78. The van der Waals surface area contributed by atoms with Gasteiger partial charge in [-0.3, -0.25) is 0 Å². The lowest BCUT2D eigenvalue weighted by Gasteiger charge is -2.31. The maximum Gasteiger partial charge on any atom is -0.0121 e. The first-order valence-electron chi connectivity index (χ1n) is 18.9. The van der Waals surface area contributed by atoms with Crippen molar-refractivity contribution < 1.29 is 0 Å². The van der Waals surface area contributed by atoms with Gasteiger partial charge in [0.05, 0.1) is 0 Å². The van der Waals surface area contributed by atoms with E-state index < -0.39 is 0 Å². The standard InChI is InChI=1S/C39H78/c1-5-9-12-15-18-21-24-27-30-33-36-39(8-4,37-34-31-28-25-22-19-16-13-10-6-2)38-35-32-29-26-23-20-17-14-11-7-3/h8H,4-7,9-38H2,1-3H3. The van der Waals surface area contributed by atoms with Crippen molar-refractivity contribution in [2.45, 2.75) is 233 Å². The molecule has 234 valence electrons. The summed E-state index contributed by atoms with van der Waals surface area (Å²) in [6.07, 6.45) is 49.9. The van der Waals surface area contributed by atoms with Gasteiger partial charge in [0.2, 0.25) is 0 Å². The highest BCUT2D eigenvalue weighted by molar-refractivity contribution is 4.94. The molecule has 0 saturated heterocycles. The highest BCUT2D eigenvalue weighted by atomic mass is 14.3. The van der Waals surface area contributed by atoms with Crippen molar-refractivity contribution in [3.63, 3.8) is 0 Å². The van der Waals surface area contributed by atoms with Crippen molar-refractivity contribution in [3.05, 3.63) is 12.7 Å². The van der Waals surface area contributed by atoms with Crippen LogP contribution in [0.25, 0.3) is 0 Å². The summed E-state index contributed by atoms with van der Waals surface area (Å²) in [7, 11) is 0. The van der Waals surface area contributed by atoms with E-state index >= 15 is 0 Å². The molecule has 0 unspecified atom stereocenters. The van der Waals surface area contributed by atoms with Crippen LogP contribution in [-0.2, 0) is 0 Å². The number of unbranched alkanes of at least 4 members (excludes halogenated alkanes) is 27. The molecule has 0 N–H and O–H groups in total. The first-order valence-corrected chi connectivity index (χ1v) is 18.9. The van der Waals surface area contributed by atoms with Gasteiger partial charge in [-0.2, -0.15) is 0 Å². The topological polar surface area (TPSA) is 0 Å². The van der Waals surface area contributed by atoms with Crippen molar-refractivity contribution in [2.24, 2.45) is 5.41 Å². The van der Waals surface area contributed by atoms with Crippen LogP contribution in [0.15, 0.2) is 12.7 Å². The van der Waals surface area contributed by atoms with Crippen LogP contribution in [0.2, 0.25) is 0 Å². The van der Waals surface area contributed by atoms with E-state index in [9.17, 15) is 0 Å². The van der Waals surface area contributed by atoms with Gasteiger partial charge in [-0.1, -0.05) is 219 Å². The van der Waals surface area contributed by atoms with Crippen LogP contribution in [-0.4, -0.2) is 0 Å². The summed E-state index contributed by atoms with van der Waals surface area (Å²) >= 11 is 0. The normalized spacial score (nSPS) is 11.9. The summed E-state index contributed by atoms with van der Waals surface area (Å²) in [6.45, 7) is 11.4. The Morgan fingerprint density at radius 1 is 0.308 bits per heavy atom. The van der Waals surface area contributed by atoms with Gasteiger partial charge >= 0.3 is 0 Å². The van der Waals surface area contributed by atoms with E-state index in [2.05, 4.69) is 33.4 Å². The van der Waals surface area contributed by atoms with Gasteiger partial charge in [0.1, 0.15) is 0 Å². The van der Waals surface area contributed by atoms with Gasteiger partial charge in [0.25, 0.3) is 0 Å². The molecular weight excluding hydrogens is 468 g/mol. The molecule has 0 aromatic rings. The summed E-state index contributed by atoms with van der Waals surface area (Å²) < 4.78 is 0. The minimum Gasteiger partial charge on any atom is -0.103 e. The Morgan fingerprint density at radius 3 is 0.667 bits per heavy atom. The number of hydrogen-bond acceptors (Lipinski definition) is 0. The third kappa shape index (κ3) is 27.7. The van der Waals surface area contributed by atoms with Crippen molar-refractivity contribution >= 4 is 0 Å². The molecule has 0 aliphatic heterocycles. The Balaban J connectivity index is 4.23. The fourth-order valence-corrected chi connectivity index (χ4v) is 6.57. The third-order valence-corrected chi connectivity index (χ3v) is 9.52. The van der Waals surface area contributed by atoms with E-state index in [1.54, 1.807) is 0 Å². The maximum absolute atomic E-state index is 4.42. The molecule has 0 saturated carbocycles. The van der Waals surface area contributed by atoms with Crippen LogP contribution < -0.4 is 0 Å². The van der Waals surface area contributed by atoms with Gasteiger partial charge in [-0.25, -0.2) is 0 Å². The fraction of sp³-hybridized carbons (Fsp3) is 0.949. The van der Waals surface area contributed by atoms with Gasteiger partial charge in [0, 0.05) is 0 Å². The van der Waals surface area contributed by atoms with Crippen LogP contribution in [0, 0.1) is 5.41 Å². The Hall–Kier alpha value is -0.260. The molecule has 0 heteroatoms. The minimum absolute atomic E-state index is 0.431. The van der Waals surface area contributed by atoms with E-state index in [-0.39, 0.29) is 0 Å². The Morgan fingerprint density at radius 2 is 0.487 bits per heavy atom. The van der Waals surface area contributed by atoms with Crippen LogP contribution in [0.1, 0.15) is 233 Å². The lowest BCUT2D eigenvalue weighted by atomic mass is 9.74. The van der Waals surface area contributed by atoms with E-state index in [1.165, 1.54) is 212 Å². The largest absolute Gasteiger partial charge is 0.103 e.